The molecule has 0 fully saturated rings. The summed E-state index contributed by atoms with van der Waals surface area (Å²) in [4.78, 5) is 10.5. The summed E-state index contributed by atoms with van der Waals surface area (Å²) in [7, 11) is 0. The summed E-state index contributed by atoms with van der Waals surface area (Å²) in [5, 5.41) is 2.24. The number of carbonyl (C=O) groups excluding carboxylic acids is 1. The standard InChI is InChI=1S/C11H7F4NO/c1-6(17)16-4-2-3-7-10(14)8(12)5-9(13)11(7)15/h5H,4H2,1H3,(H,16,17). The molecule has 0 aliphatic heterocycles. The van der Waals surface area contributed by atoms with Crippen molar-refractivity contribution in [2.45, 2.75) is 6.92 Å². The van der Waals surface area contributed by atoms with Crippen LogP contribution in [-0.4, -0.2) is 12.5 Å². The van der Waals surface area contributed by atoms with Crippen molar-refractivity contribution < 1.29 is 22.4 Å². The average Bonchev–Trinajstić information content (AvgIpc) is 2.25. The number of rotatable bonds is 1. The van der Waals surface area contributed by atoms with Gasteiger partial charge in [0.15, 0.2) is 23.3 Å². The van der Waals surface area contributed by atoms with Crippen molar-refractivity contribution in [3.05, 3.63) is 34.9 Å². The Morgan fingerprint density at radius 1 is 1.24 bits per heavy atom. The van der Waals surface area contributed by atoms with Crippen molar-refractivity contribution in [1.82, 2.24) is 5.32 Å². The van der Waals surface area contributed by atoms with Crippen LogP contribution in [0.1, 0.15) is 12.5 Å². The van der Waals surface area contributed by atoms with E-state index in [0.29, 0.717) is 0 Å². The molecule has 90 valence electrons. The second kappa shape index (κ2) is 5.34. The van der Waals surface area contributed by atoms with Gasteiger partial charge in [-0.05, 0) is 0 Å². The van der Waals surface area contributed by atoms with E-state index >= 15 is 0 Å². The fraction of sp³-hybridized carbons (Fsp3) is 0.182. The van der Waals surface area contributed by atoms with Gasteiger partial charge in [0.05, 0.1) is 6.54 Å². The summed E-state index contributed by atoms with van der Waals surface area (Å²) in [6.45, 7) is 1.05. The maximum absolute atomic E-state index is 13.1. The lowest BCUT2D eigenvalue weighted by atomic mass is 10.2. The molecule has 17 heavy (non-hydrogen) atoms. The molecule has 2 nitrogen and oxygen atoms in total. The molecule has 0 aliphatic rings. The summed E-state index contributed by atoms with van der Waals surface area (Å²) >= 11 is 0. The number of benzene rings is 1. The quantitative estimate of drug-likeness (QED) is 0.455. The van der Waals surface area contributed by atoms with Gasteiger partial charge < -0.3 is 5.32 Å². The minimum atomic E-state index is -1.56. The molecule has 0 unspecified atom stereocenters. The van der Waals surface area contributed by atoms with Crippen LogP contribution in [0.25, 0.3) is 0 Å². The Hall–Kier alpha value is -2.03. The SMILES string of the molecule is CC(=O)NCC#Cc1c(F)c(F)cc(F)c1F. The topological polar surface area (TPSA) is 29.1 Å². The van der Waals surface area contributed by atoms with Crippen LogP contribution in [0.3, 0.4) is 0 Å². The van der Waals surface area contributed by atoms with E-state index in [0.717, 1.165) is 0 Å². The Bertz CT molecular complexity index is 490. The molecule has 0 radical (unpaired) electrons. The van der Waals surface area contributed by atoms with Crippen molar-refractivity contribution in [1.29, 1.82) is 0 Å². The first-order valence-corrected chi connectivity index (χ1v) is 4.49. The molecule has 1 amide bonds. The summed E-state index contributed by atoms with van der Waals surface area (Å²) in [6, 6.07) is 0.101. The molecule has 0 saturated heterocycles. The van der Waals surface area contributed by atoms with E-state index in [1.807, 2.05) is 5.92 Å². The summed E-state index contributed by atoms with van der Waals surface area (Å²) < 4.78 is 51.6. The molecule has 0 aromatic heterocycles. The molecular weight excluding hydrogens is 238 g/mol. The highest BCUT2D eigenvalue weighted by Gasteiger charge is 2.17. The van der Waals surface area contributed by atoms with Gasteiger partial charge in [-0.3, -0.25) is 4.79 Å². The van der Waals surface area contributed by atoms with E-state index in [1.54, 1.807) is 0 Å². The fourth-order valence-corrected chi connectivity index (χ4v) is 0.984. The molecule has 1 aromatic carbocycles. The van der Waals surface area contributed by atoms with Crippen molar-refractivity contribution in [3.63, 3.8) is 0 Å². The third kappa shape index (κ3) is 3.21. The molecule has 0 spiro atoms. The zero-order valence-corrected chi connectivity index (χ0v) is 8.70. The maximum Gasteiger partial charge on any atom is 0.217 e. The first kappa shape index (κ1) is 13.0. The summed E-state index contributed by atoms with van der Waals surface area (Å²) in [5.74, 6) is -2.44. The Morgan fingerprint density at radius 2 is 1.76 bits per heavy atom. The second-order valence-corrected chi connectivity index (χ2v) is 3.05. The van der Waals surface area contributed by atoms with Crippen LogP contribution in [0.15, 0.2) is 6.07 Å². The van der Waals surface area contributed by atoms with Crippen molar-refractivity contribution >= 4 is 5.91 Å². The molecule has 0 aliphatic carbocycles. The monoisotopic (exact) mass is 245 g/mol. The zero-order chi connectivity index (χ0) is 13.0. The van der Waals surface area contributed by atoms with Crippen molar-refractivity contribution in [2.24, 2.45) is 0 Å². The Morgan fingerprint density at radius 3 is 2.24 bits per heavy atom. The first-order chi connectivity index (χ1) is 7.93. The van der Waals surface area contributed by atoms with E-state index in [4.69, 9.17) is 0 Å². The lowest BCUT2D eigenvalue weighted by molar-refractivity contribution is -0.118. The summed E-state index contributed by atoms with van der Waals surface area (Å²) in [6.07, 6.45) is 0. The molecule has 1 aromatic rings. The predicted molar refractivity (Wildman–Crippen MR) is 51.8 cm³/mol. The smallest absolute Gasteiger partial charge is 0.217 e. The highest BCUT2D eigenvalue weighted by molar-refractivity contribution is 5.73. The Balaban J connectivity index is 3.01. The number of carbonyl (C=O) groups is 1. The van der Waals surface area contributed by atoms with Gasteiger partial charge >= 0.3 is 0 Å². The van der Waals surface area contributed by atoms with E-state index in [2.05, 4.69) is 11.2 Å². The fourth-order valence-electron chi connectivity index (χ4n) is 0.984. The molecule has 0 heterocycles. The largest absolute Gasteiger partial charge is 0.345 e. The van der Waals surface area contributed by atoms with Gasteiger partial charge in [-0.1, -0.05) is 11.8 Å². The lowest BCUT2D eigenvalue weighted by Gasteiger charge is -2.00. The molecule has 0 saturated carbocycles. The number of halogens is 4. The van der Waals surface area contributed by atoms with Gasteiger partial charge in [0.1, 0.15) is 5.56 Å². The van der Waals surface area contributed by atoms with Crippen LogP contribution < -0.4 is 5.32 Å². The van der Waals surface area contributed by atoms with Crippen LogP contribution in [0, 0.1) is 35.1 Å². The minimum absolute atomic E-state index is 0.101. The molecule has 6 heteroatoms. The number of hydrogen-bond acceptors (Lipinski definition) is 1. The van der Waals surface area contributed by atoms with Gasteiger partial charge in [0.25, 0.3) is 0 Å². The second-order valence-electron chi connectivity index (χ2n) is 3.05. The highest BCUT2D eigenvalue weighted by atomic mass is 19.2. The van der Waals surface area contributed by atoms with E-state index in [-0.39, 0.29) is 18.5 Å². The molecule has 0 bridgehead atoms. The normalized spacial score (nSPS) is 9.47. The third-order valence-corrected chi connectivity index (χ3v) is 1.75. The van der Waals surface area contributed by atoms with Gasteiger partial charge in [0, 0.05) is 13.0 Å². The van der Waals surface area contributed by atoms with Gasteiger partial charge in [-0.2, -0.15) is 0 Å². The molecule has 1 N–H and O–H groups in total. The number of nitrogens with one attached hydrogen (secondary N) is 1. The van der Waals surface area contributed by atoms with Crippen LogP contribution in [0.2, 0.25) is 0 Å². The molecule has 1 rings (SSSR count). The lowest BCUT2D eigenvalue weighted by Crippen LogP contribution is -2.19. The number of hydrogen-bond donors (Lipinski definition) is 1. The Kier molecular flexibility index (Phi) is 4.10. The van der Waals surface area contributed by atoms with E-state index < -0.39 is 28.8 Å². The van der Waals surface area contributed by atoms with Gasteiger partial charge in [0.2, 0.25) is 5.91 Å². The van der Waals surface area contributed by atoms with Crippen LogP contribution >= 0.6 is 0 Å². The number of amides is 1. The molecular formula is C11H7F4NO. The van der Waals surface area contributed by atoms with Gasteiger partial charge in [-0.25, -0.2) is 17.6 Å². The van der Waals surface area contributed by atoms with Crippen LogP contribution in [0.4, 0.5) is 17.6 Å². The van der Waals surface area contributed by atoms with E-state index in [1.165, 1.54) is 6.92 Å². The van der Waals surface area contributed by atoms with E-state index in [9.17, 15) is 22.4 Å². The zero-order valence-electron chi connectivity index (χ0n) is 8.70. The third-order valence-electron chi connectivity index (χ3n) is 1.75. The maximum atomic E-state index is 13.1. The predicted octanol–water partition coefficient (Wildman–Crippen LogP) is 1.73. The Labute approximate surface area is 94.6 Å². The van der Waals surface area contributed by atoms with Crippen molar-refractivity contribution in [3.8, 4) is 11.8 Å². The minimum Gasteiger partial charge on any atom is -0.345 e. The van der Waals surface area contributed by atoms with Crippen molar-refractivity contribution in [2.75, 3.05) is 6.54 Å². The van der Waals surface area contributed by atoms with Gasteiger partial charge in [-0.15, -0.1) is 0 Å². The average molecular weight is 245 g/mol. The van der Waals surface area contributed by atoms with Crippen LogP contribution in [0.5, 0.6) is 0 Å². The highest BCUT2D eigenvalue weighted by Crippen LogP contribution is 2.17. The van der Waals surface area contributed by atoms with Crippen LogP contribution in [-0.2, 0) is 4.79 Å². The molecule has 0 atom stereocenters. The summed E-state index contributed by atoms with van der Waals surface area (Å²) in [5.41, 5.74) is -0.993. The first-order valence-electron chi connectivity index (χ1n) is 4.49.